The van der Waals surface area contributed by atoms with Gasteiger partial charge in [0, 0.05) is 19.6 Å². The molecule has 1 aliphatic rings. The predicted octanol–water partition coefficient (Wildman–Crippen LogP) is 2.33. The zero-order valence-electron chi connectivity index (χ0n) is 11.6. The molecule has 4 nitrogen and oxygen atoms in total. The van der Waals surface area contributed by atoms with Gasteiger partial charge in [-0.2, -0.15) is 0 Å². The standard InChI is InChI=1S/C16H19N3O/c1-2-19-8-7-17-16(19)18-11-12-3-4-14-10-15(20)6-5-13(14)9-12/h3-6,9-10,20H,2,7-8,11H2,1H3,(H,17,18). The minimum absolute atomic E-state index is 0.308. The Morgan fingerprint density at radius 2 is 2.00 bits per heavy atom. The smallest absolute Gasteiger partial charge is 0.194 e. The Balaban J connectivity index is 1.73. The Hall–Kier alpha value is -2.23. The highest BCUT2D eigenvalue weighted by atomic mass is 16.3. The van der Waals surface area contributed by atoms with E-state index in [0.717, 1.165) is 42.9 Å². The van der Waals surface area contributed by atoms with Gasteiger partial charge >= 0.3 is 0 Å². The highest BCUT2D eigenvalue weighted by molar-refractivity contribution is 5.85. The quantitative estimate of drug-likeness (QED) is 0.899. The maximum atomic E-state index is 9.47. The van der Waals surface area contributed by atoms with Crippen molar-refractivity contribution in [3.8, 4) is 5.75 Å². The predicted molar refractivity (Wildman–Crippen MR) is 82.0 cm³/mol. The molecule has 0 radical (unpaired) electrons. The van der Waals surface area contributed by atoms with Crippen molar-refractivity contribution in [2.75, 3.05) is 19.6 Å². The van der Waals surface area contributed by atoms with E-state index in [4.69, 9.17) is 0 Å². The number of likely N-dealkylation sites (N-methyl/N-ethyl adjacent to an activating group) is 1. The SMILES string of the molecule is CCN1CCN=C1NCc1ccc2cc(O)ccc2c1. The molecule has 0 aliphatic carbocycles. The second-order valence-corrected chi connectivity index (χ2v) is 5.00. The van der Waals surface area contributed by atoms with Crippen LogP contribution in [0.4, 0.5) is 0 Å². The average molecular weight is 269 g/mol. The molecule has 20 heavy (non-hydrogen) atoms. The van der Waals surface area contributed by atoms with Crippen LogP contribution in [-0.4, -0.2) is 35.6 Å². The van der Waals surface area contributed by atoms with Crippen LogP contribution in [0.15, 0.2) is 41.4 Å². The summed E-state index contributed by atoms with van der Waals surface area (Å²) < 4.78 is 0. The fourth-order valence-electron chi connectivity index (χ4n) is 2.53. The van der Waals surface area contributed by atoms with Gasteiger partial charge in [-0.1, -0.05) is 18.2 Å². The number of hydrogen-bond acceptors (Lipinski definition) is 4. The molecule has 2 aromatic carbocycles. The van der Waals surface area contributed by atoms with Crippen molar-refractivity contribution >= 4 is 16.7 Å². The van der Waals surface area contributed by atoms with Crippen LogP contribution >= 0.6 is 0 Å². The number of phenolic OH excluding ortho intramolecular Hbond substituents is 1. The first-order valence-corrected chi connectivity index (χ1v) is 7.01. The summed E-state index contributed by atoms with van der Waals surface area (Å²) in [5, 5.41) is 15.1. The number of aliphatic imine (C=N–C) groups is 1. The third-order valence-corrected chi connectivity index (χ3v) is 3.65. The number of nitrogens with one attached hydrogen (secondary N) is 1. The maximum absolute atomic E-state index is 9.47. The second kappa shape index (κ2) is 5.41. The van der Waals surface area contributed by atoms with Crippen molar-refractivity contribution in [2.45, 2.75) is 13.5 Å². The summed E-state index contributed by atoms with van der Waals surface area (Å²) in [6.45, 7) is 5.79. The van der Waals surface area contributed by atoms with Gasteiger partial charge in [0.1, 0.15) is 5.75 Å². The lowest BCUT2D eigenvalue weighted by Gasteiger charge is -2.19. The van der Waals surface area contributed by atoms with Gasteiger partial charge in [-0.05, 0) is 41.5 Å². The Kier molecular flexibility index (Phi) is 3.46. The molecule has 3 rings (SSSR count). The van der Waals surface area contributed by atoms with E-state index in [1.807, 2.05) is 12.1 Å². The lowest BCUT2D eigenvalue weighted by atomic mass is 10.1. The lowest BCUT2D eigenvalue weighted by molar-refractivity contribution is 0.466. The first-order valence-electron chi connectivity index (χ1n) is 7.01. The summed E-state index contributed by atoms with van der Waals surface area (Å²) in [7, 11) is 0. The molecule has 0 unspecified atom stereocenters. The van der Waals surface area contributed by atoms with E-state index >= 15 is 0 Å². The van der Waals surface area contributed by atoms with E-state index in [1.54, 1.807) is 12.1 Å². The molecule has 2 N–H and O–H groups in total. The number of rotatable bonds is 3. The first-order chi connectivity index (χ1) is 9.76. The summed E-state index contributed by atoms with van der Waals surface area (Å²) in [6.07, 6.45) is 0. The van der Waals surface area contributed by atoms with Gasteiger partial charge in [0.25, 0.3) is 0 Å². The Morgan fingerprint density at radius 3 is 2.85 bits per heavy atom. The van der Waals surface area contributed by atoms with E-state index in [2.05, 4.69) is 34.3 Å². The topological polar surface area (TPSA) is 47.9 Å². The van der Waals surface area contributed by atoms with Crippen molar-refractivity contribution in [3.63, 3.8) is 0 Å². The Labute approximate surface area is 118 Å². The van der Waals surface area contributed by atoms with Crippen LogP contribution in [0, 0.1) is 0 Å². The molecular weight excluding hydrogens is 250 g/mol. The Morgan fingerprint density at radius 1 is 1.20 bits per heavy atom. The molecule has 2 aromatic rings. The van der Waals surface area contributed by atoms with Crippen LogP contribution in [-0.2, 0) is 6.54 Å². The van der Waals surface area contributed by atoms with Crippen LogP contribution in [0.5, 0.6) is 5.75 Å². The summed E-state index contributed by atoms with van der Waals surface area (Å²) >= 11 is 0. The number of nitrogens with zero attached hydrogens (tertiary/aromatic N) is 2. The maximum Gasteiger partial charge on any atom is 0.194 e. The van der Waals surface area contributed by atoms with E-state index < -0.39 is 0 Å². The lowest BCUT2D eigenvalue weighted by Crippen LogP contribution is -2.37. The third kappa shape index (κ3) is 2.54. The minimum Gasteiger partial charge on any atom is -0.508 e. The molecule has 1 aliphatic heterocycles. The first kappa shape index (κ1) is 12.8. The molecule has 0 saturated heterocycles. The monoisotopic (exact) mass is 269 g/mol. The molecule has 0 amide bonds. The molecule has 4 heteroatoms. The van der Waals surface area contributed by atoms with Gasteiger partial charge in [0.05, 0.1) is 6.54 Å². The van der Waals surface area contributed by atoms with Crippen LogP contribution in [0.2, 0.25) is 0 Å². The van der Waals surface area contributed by atoms with Crippen LogP contribution in [0.25, 0.3) is 10.8 Å². The van der Waals surface area contributed by atoms with Gasteiger partial charge in [-0.25, -0.2) is 0 Å². The molecule has 0 atom stereocenters. The zero-order valence-corrected chi connectivity index (χ0v) is 11.6. The Bertz CT molecular complexity index is 651. The van der Waals surface area contributed by atoms with Crippen molar-refractivity contribution in [1.29, 1.82) is 0 Å². The number of fused-ring (bicyclic) bond motifs is 1. The number of benzene rings is 2. The third-order valence-electron chi connectivity index (χ3n) is 3.65. The van der Waals surface area contributed by atoms with E-state index in [9.17, 15) is 5.11 Å². The molecule has 0 fully saturated rings. The largest absolute Gasteiger partial charge is 0.508 e. The molecule has 0 bridgehead atoms. The zero-order chi connectivity index (χ0) is 13.9. The van der Waals surface area contributed by atoms with Crippen molar-refractivity contribution < 1.29 is 5.11 Å². The van der Waals surface area contributed by atoms with Crippen molar-refractivity contribution in [1.82, 2.24) is 10.2 Å². The summed E-state index contributed by atoms with van der Waals surface area (Å²) in [6, 6.07) is 11.7. The fourth-order valence-corrected chi connectivity index (χ4v) is 2.53. The summed E-state index contributed by atoms with van der Waals surface area (Å²) in [4.78, 5) is 6.72. The van der Waals surface area contributed by atoms with E-state index in [1.165, 1.54) is 5.56 Å². The van der Waals surface area contributed by atoms with Gasteiger partial charge in [-0.15, -0.1) is 0 Å². The van der Waals surface area contributed by atoms with Gasteiger partial charge in [-0.3, -0.25) is 4.99 Å². The highest BCUT2D eigenvalue weighted by Crippen LogP contribution is 2.21. The minimum atomic E-state index is 0.308. The van der Waals surface area contributed by atoms with E-state index in [-0.39, 0.29) is 0 Å². The normalized spacial score (nSPS) is 14.7. The molecule has 0 spiro atoms. The van der Waals surface area contributed by atoms with Gasteiger partial charge < -0.3 is 15.3 Å². The average Bonchev–Trinajstić information content (AvgIpc) is 2.92. The number of hydrogen-bond donors (Lipinski definition) is 2. The van der Waals surface area contributed by atoms with Crippen LogP contribution < -0.4 is 5.32 Å². The molecule has 104 valence electrons. The second-order valence-electron chi connectivity index (χ2n) is 5.00. The van der Waals surface area contributed by atoms with Gasteiger partial charge in [0.2, 0.25) is 0 Å². The van der Waals surface area contributed by atoms with Crippen molar-refractivity contribution in [3.05, 3.63) is 42.0 Å². The van der Waals surface area contributed by atoms with Gasteiger partial charge in [0.15, 0.2) is 5.96 Å². The molecule has 1 heterocycles. The number of phenols is 1. The fraction of sp³-hybridized carbons (Fsp3) is 0.312. The molecular formula is C16H19N3O. The molecule has 0 aromatic heterocycles. The highest BCUT2D eigenvalue weighted by Gasteiger charge is 2.13. The summed E-state index contributed by atoms with van der Waals surface area (Å²) in [5.74, 6) is 1.31. The van der Waals surface area contributed by atoms with E-state index in [0.29, 0.717) is 5.75 Å². The van der Waals surface area contributed by atoms with Crippen molar-refractivity contribution in [2.24, 2.45) is 4.99 Å². The number of guanidine groups is 1. The summed E-state index contributed by atoms with van der Waals surface area (Å²) in [5.41, 5.74) is 1.22. The van der Waals surface area contributed by atoms with Crippen LogP contribution in [0.3, 0.4) is 0 Å². The van der Waals surface area contributed by atoms with Crippen LogP contribution in [0.1, 0.15) is 12.5 Å². The molecule has 0 saturated carbocycles. The number of aromatic hydroxyl groups is 1.